The zero-order valence-corrected chi connectivity index (χ0v) is 17.1. The van der Waals surface area contributed by atoms with E-state index >= 15 is 0 Å². The van der Waals surface area contributed by atoms with E-state index in [1.165, 1.54) is 6.42 Å². The Morgan fingerprint density at radius 1 is 1.29 bits per heavy atom. The molecular weight excluding hydrogens is 424 g/mol. The monoisotopic (exact) mass is 446 g/mol. The van der Waals surface area contributed by atoms with Gasteiger partial charge >= 0.3 is 0 Å². The van der Waals surface area contributed by atoms with Crippen LogP contribution in [0.3, 0.4) is 0 Å². The van der Waals surface area contributed by atoms with Crippen LogP contribution in [0.5, 0.6) is 5.75 Å². The summed E-state index contributed by atoms with van der Waals surface area (Å²) in [7, 11) is 0. The summed E-state index contributed by atoms with van der Waals surface area (Å²) in [5.74, 6) is 0.889. The van der Waals surface area contributed by atoms with Gasteiger partial charge < -0.3 is 24.5 Å². The zero-order valence-electron chi connectivity index (χ0n) is 15.5. The lowest BCUT2D eigenvalue weighted by Crippen LogP contribution is -2.24. The smallest absolute Gasteiger partial charge is 0.157 e. The third-order valence-corrected chi connectivity index (χ3v) is 5.63. The van der Waals surface area contributed by atoms with E-state index in [4.69, 9.17) is 14.2 Å². The van der Waals surface area contributed by atoms with Crippen molar-refractivity contribution in [3.63, 3.8) is 0 Å². The van der Waals surface area contributed by atoms with E-state index < -0.39 is 0 Å². The number of nitrogens with zero attached hydrogens (tertiary/aromatic N) is 2. The summed E-state index contributed by atoms with van der Waals surface area (Å²) in [6, 6.07) is 4.09. The van der Waals surface area contributed by atoms with Crippen molar-refractivity contribution in [1.82, 2.24) is 14.8 Å². The van der Waals surface area contributed by atoms with Crippen LogP contribution in [0.2, 0.25) is 0 Å². The highest BCUT2D eigenvalue weighted by atomic mass is 79.9. The van der Waals surface area contributed by atoms with Crippen LogP contribution in [0.1, 0.15) is 19.3 Å². The first-order valence-electron chi connectivity index (χ1n) is 9.76. The molecule has 8 heteroatoms. The molecule has 0 radical (unpaired) electrons. The van der Waals surface area contributed by atoms with Gasteiger partial charge in [0.05, 0.1) is 41.6 Å². The molecule has 0 spiro atoms. The standard InChI is InChI=1S/C20H23BrN4O3/c21-14-9-15-18-16(10-14)26-7-4-22-20(18)19(24-15)13-11-23-25(12-13)5-8-28-17-3-1-2-6-27-17/h9-12,17,22,24H,1-8H2. The second kappa shape index (κ2) is 7.77. The third-order valence-electron chi connectivity index (χ3n) is 5.17. The molecule has 148 valence electrons. The van der Waals surface area contributed by atoms with Crippen molar-refractivity contribution < 1.29 is 14.2 Å². The van der Waals surface area contributed by atoms with Gasteiger partial charge in [0.2, 0.25) is 0 Å². The molecule has 7 nitrogen and oxygen atoms in total. The van der Waals surface area contributed by atoms with Crippen LogP contribution in [0, 0.1) is 0 Å². The minimum atomic E-state index is -0.0632. The van der Waals surface area contributed by atoms with Gasteiger partial charge in [-0.1, -0.05) is 15.9 Å². The third kappa shape index (κ3) is 3.52. The first-order valence-corrected chi connectivity index (χ1v) is 10.6. The van der Waals surface area contributed by atoms with Gasteiger partial charge in [-0.2, -0.15) is 5.10 Å². The molecule has 4 heterocycles. The Balaban J connectivity index is 1.36. The maximum atomic E-state index is 5.90. The molecule has 1 unspecified atom stereocenters. The van der Waals surface area contributed by atoms with Crippen LogP contribution >= 0.6 is 15.9 Å². The number of ether oxygens (including phenoxy) is 3. The Labute approximate surface area is 171 Å². The van der Waals surface area contributed by atoms with Crippen LogP contribution in [0.15, 0.2) is 29.0 Å². The van der Waals surface area contributed by atoms with Crippen molar-refractivity contribution in [2.45, 2.75) is 32.1 Å². The Morgan fingerprint density at radius 2 is 2.25 bits per heavy atom. The summed E-state index contributed by atoms with van der Waals surface area (Å²) in [5.41, 5.74) is 4.18. The second-order valence-corrected chi connectivity index (χ2v) is 8.05. The van der Waals surface area contributed by atoms with Gasteiger partial charge in [-0.15, -0.1) is 0 Å². The first kappa shape index (κ1) is 18.0. The molecular formula is C20H23BrN4O3. The summed E-state index contributed by atoms with van der Waals surface area (Å²) in [6.07, 6.45) is 7.16. The Hall–Kier alpha value is -2.03. The summed E-state index contributed by atoms with van der Waals surface area (Å²) in [5, 5.41) is 9.10. The minimum absolute atomic E-state index is 0.0632. The van der Waals surface area contributed by atoms with Crippen molar-refractivity contribution in [1.29, 1.82) is 0 Å². The molecule has 3 aromatic rings. The number of aromatic amines is 1. The lowest BCUT2D eigenvalue weighted by Gasteiger charge is -2.22. The van der Waals surface area contributed by atoms with Gasteiger partial charge in [-0.05, 0) is 31.4 Å². The zero-order chi connectivity index (χ0) is 18.9. The maximum Gasteiger partial charge on any atom is 0.157 e. The van der Waals surface area contributed by atoms with Crippen LogP contribution in [0.4, 0.5) is 5.69 Å². The highest BCUT2D eigenvalue weighted by Gasteiger charge is 2.21. The van der Waals surface area contributed by atoms with Crippen molar-refractivity contribution in [3.8, 4) is 17.0 Å². The Bertz CT molecular complexity index is 977. The van der Waals surface area contributed by atoms with Crippen molar-refractivity contribution in [3.05, 3.63) is 29.0 Å². The fourth-order valence-electron chi connectivity index (χ4n) is 3.84. The fourth-order valence-corrected chi connectivity index (χ4v) is 4.28. The van der Waals surface area contributed by atoms with E-state index in [-0.39, 0.29) is 6.29 Å². The van der Waals surface area contributed by atoms with E-state index in [2.05, 4.69) is 43.6 Å². The highest BCUT2D eigenvalue weighted by molar-refractivity contribution is 9.10. The predicted molar refractivity (Wildman–Crippen MR) is 111 cm³/mol. The van der Waals surface area contributed by atoms with Gasteiger partial charge in [-0.3, -0.25) is 4.68 Å². The van der Waals surface area contributed by atoms with Crippen molar-refractivity contribution in [2.75, 3.05) is 31.7 Å². The largest absolute Gasteiger partial charge is 0.491 e. The molecule has 2 aromatic heterocycles. The summed E-state index contributed by atoms with van der Waals surface area (Å²) in [4.78, 5) is 3.52. The van der Waals surface area contributed by atoms with Gasteiger partial charge in [0.15, 0.2) is 6.29 Å². The molecule has 0 bridgehead atoms. The molecule has 0 aliphatic carbocycles. The van der Waals surface area contributed by atoms with Gasteiger partial charge in [0, 0.05) is 29.4 Å². The first-order chi connectivity index (χ1) is 13.8. The topological polar surface area (TPSA) is 73.3 Å². The summed E-state index contributed by atoms with van der Waals surface area (Å²) >= 11 is 3.57. The molecule has 2 N–H and O–H groups in total. The molecule has 0 saturated carbocycles. The molecule has 2 aliphatic rings. The van der Waals surface area contributed by atoms with E-state index in [0.717, 1.165) is 64.1 Å². The summed E-state index contributed by atoms with van der Waals surface area (Å²) in [6.45, 7) is 3.49. The van der Waals surface area contributed by atoms with Crippen molar-refractivity contribution >= 4 is 32.5 Å². The number of aromatic nitrogens is 3. The van der Waals surface area contributed by atoms with E-state index in [0.29, 0.717) is 19.8 Å². The molecule has 28 heavy (non-hydrogen) atoms. The Kier molecular flexibility index (Phi) is 5.00. The van der Waals surface area contributed by atoms with Crippen molar-refractivity contribution in [2.24, 2.45) is 0 Å². The predicted octanol–water partition coefficient (Wildman–Crippen LogP) is 4.14. The number of nitrogens with one attached hydrogen (secondary N) is 2. The number of H-pyrrole nitrogens is 1. The van der Waals surface area contributed by atoms with Gasteiger partial charge in [-0.25, -0.2) is 0 Å². The normalized spacial score (nSPS) is 19.2. The van der Waals surface area contributed by atoms with E-state index in [1.807, 2.05) is 16.9 Å². The quantitative estimate of drug-likeness (QED) is 0.615. The number of hydrogen-bond donors (Lipinski definition) is 2. The van der Waals surface area contributed by atoms with E-state index in [9.17, 15) is 0 Å². The van der Waals surface area contributed by atoms with Crippen LogP contribution < -0.4 is 10.1 Å². The molecule has 1 saturated heterocycles. The molecule has 1 aromatic carbocycles. The number of anilines is 1. The molecule has 1 atom stereocenters. The number of halogens is 1. The average molecular weight is 447 g/mol. The molecule has 5 rings (SSSR count). The number of rotatable bonds is 5. The van der Waals surface area contributed by atoms with E-state index in [1.54, 1.807) is 0 Å². The van der Waals surface area contributed by atoms with Crippen LogP contribution in [-0.4, -0.2) is 47.4 Å². The SMILES string of the molecule is Brc1cc2c3c(c(-c4cnn(CCOC5CCCCO5)c4)[nH]c3c1)NCCO2. The van der Waals surface area contributed by atoms with Crippen LogP contribution in [-0.2, 0) is 16.0 Å². The second-order valence-electron chi connectivity index (χ2n) is 7.14. The number of benzene rings is 1. The number of hydrogen-bond acceptors (Lipinski definition) is 5. The average Bonchev–Trinajstić information content (AvgIpc) is 3.24. The van der Waals surface area contributed by atoms with Crippen LogP contribution in [0.25, 0.3) is 22.2 Å². The van der Waals surface area contributed by atoms with Gasteiger partial charge in [0.25, 0.3) is 0 Å². The highest BCUT2D eigenvalue weighted by Crippen LogP contribution is 2.42. The molecule has 0 amide bonds. The van der Waals surface area contributed by atoms with Gasteiger partial charge in [0.1, 0.15) is 12.4 Å². The fraction of sp³-hybridized carbons (Fsp3) is 0.450. The molecule has 2 aliphatic heterocycles. The lowest BCUT2D eigenvalue weighted by molar-refractivity contribution is -0.163. The summed E-state index contributed by atoms with van der Waals surface area (Å²) < 4.78 is 20.3. The molecule has 1 fully saturated rings. The lowest BCUT2D eigenvalue weighted by atomic mass is 10.1. The minimum Gasteiger partial charge on any atom is -0.491 e. The maximum absolute atomic E-state index is 5.90. The Morgan fingerprint density at radius 3 is 3.14 bits per heavy atom.